The largest absolute Gasteiger partial charge is 0.482 e. The highest BCUT2D eigenvalue weighted by atomic mass is 35.5. The molecule has 98 valence electrons. The van der Waals surface area contributed by atoms with E-state index in [9.17, 15) is 4.79 Å². The van der Waals surface area contributed by atoms with Gasteiger partial charge in [0.05, 0.1) is 16.9 Å². The molecule has 1 heterocycles. The number of carbonyl (C=O) groups excluding carboxylic acids is 1. The van der Waals surface area contributed by atoms with Crippen LogP contribution in [0.1, 0.15) is 0 Å². The predicted octanol–water partition coefficient (Wildman–Crippen LogP) is 3.41. The number of nitrogens with zero attached hydrogens (tertiary/aromatic N) is 1. The van der Waals surface area contributed by atoms with Gasteiger partial charge in [-0.3, -0.25) is 4.79 Å². The Balaban J connectivity index is 1.88. The minimum Gasteiger partial charge on any atom is -0.482 e. The summed E-state index contributed by atoms with van der Waals surface area (Å²) in [6.45, 7) is -0.133. The van der Waals surface area contributed by atoms with Crippen LogP contribution in [0.5, 0.6) is 5.75 Å². The highest BCUT2D eigenvalue weighted by Crippen LogP contribution is 2.22. The summed E-state index contributed by atoms with van der Waals surface area (Å²) < 4.78 is 5.30. The first-order valence-electron chi connectivity index (χ1n) is 5.44. The molecule has 0 bridgehead atoms. The van der Waals surface area contributed by atoms with Crippen molar-refractivity contribution in [1.82, 2.24) is 4.98 Å². The molecule has 2 aromatic rings. The van der Waals surface area contributed by atoms with Crippen LogP contribution in [0.4, 0.5) is 5.69 Å². The Hall–Kier alpha value is -1.78. The molecule has 0 saturated carbocycles. The summed E-state index contributed by atoms with van der Waals surface area (Å²) in [5, 5.41) is 3.46. The maximum Gasteiger partial charge on any atom is 0.262 e. The molecule has 1 N–H and O–H groups in total. The number of carbonyl (C=O) groups is 1. The summed E-state index contributed by atoms with van der Waals surface area (Å²) in [5.74, 6) is 0.164. The summed E-state index contributed by atoms with van der Waals surface area (Å²) in [5.41, 5.74) is 0.553. The number of para-hydroxylation sites is 1. The van der Waals surface area contributed by atoms with Gasteiger partial charge in [0.1, 0.15) is 10.9 Å². The van der Waals surface area contributed by atoms with Crippen molar-refractivity contribution in [2.45, 2.75) is 0 Å². The average Bonchev–Trinajstić information content (AvgIpc) is 2.40. The van der Waals surface area contributed by atoms with Crippen LogP contribution in [0, 0.1) is 0 Å². The number of benzene rings is 1. The molecular formula is C13H10Cl2N2O2. The Morgan fingerprint density at radius 1 is 1.21 bits per heavy atom. The number of rotatable bonds is 4. The zero-order valence-electron chi connectivity index (χ0n) is 9.77. The standard InChI is InChI=1S/C13H10Cl2N2O2/c14-10-3-1-2-4-11(10)19-8-13(18)17-9-5-6-12(15)16-7-9/h1-7H,8H2,(H,17,18). The number of hydrogen-bond donors (Lipinski definition) is 1. The Labute approximate surface area is 120 Å². The van der Waals surface area contributed by atoms with Gasteiger partial charge in [-0.1, -0.05) is 35.3 Å². The Morgan fingerprint density at radius 2 is 2.00 bits per heavy atom. The van der Waals surface area contributed by atoms with E-state index in [4.69, 9.17) is 27.9 Å². The van der Waals surface area contributed by atoms with Crippen LogP contribution < -0.4 is 10.1 Å². The molecule has 0 spiro atoms. The third kappa shape index (κ3) is 4.12. The predicted molar refractivity (Wildman–Crippen MR) is 74.8 cm³/mol. The zero-order chi connectivity index (χ0) is 13.7. The van der Waals surface area contributed by atoms with E-state index < -0.39 is 0 Å². The number of pyridine rings is 1. The number of nitrogens with one attached hydrogen (secondary N) is 1. The molecular weight excluding hydrogens is 287 g/mol. The first kappa shape index (κ1) is 13.6. The Kier molecular flexibility index (Phi) is 4.60. The van der Waals surface area contributed by atoms with E-state index in [0.29, 0.717) is 21.6 Å². The first-order valence-corrected chi connectivity index (χ1v) is 6.19. The quantitative estimate of drug-likeness (QED) is 0.880. The lowest BCUT2D eigenvalue weighted by atomic mass is 10.3. The molecule has 1 aromatic carbocycles. The van der Waals surface area contributed by atoms with E-state index in [1.807, 2.05) is 0 Å². The van der Waals surface area contributed by atoms with Crippen molar-refractivity contribution in [3.63, 3.8) is 0 Å². The fourth-order valence-electron chi connectivity index (χ4n) is 1.35. The molecule has 0 aliphatic heterocycles. The van der Waals surface area contributed by atoms with E-state index in [1.54, 1.807) is 36.4 Å². The molecule has 0 atom stereocenters. The smallest absolute Gasteiger partial charge is 0.262 e. The summed E-state index contributed by atoms with van der Waals surface area (Å²) in [6.07, 6.45) is 1.47. The lowest BCUT2D eigenvalue weighted by Gasteiger charge is -2.08. The van der Waals surface area contributed by atoms with Crippen LogP contribution in [0.25, 0.3) is 0 Å². The van der Waals surface area contributed by atoms with Gasteiger partial charge in [0.2, 0.25) is 0 Å². The fraction of sp³-hybridized carbons (Fsp3) is 0.0769. The maximum atomic E-state index is 11.6. The molecule has 0 aliphatic carbocycles. The summed E-state index contributed by atoms with van der Waals surface area (Å²) >= 11 is 11.5. The second-order valence-electron chi connectivity index (χ2n) is 3.64. The van der Waals surface area contributed by atoms with E-state index in [1.165, 1.54) is 6.20 Å². The second kappa shape index (κ2) is 6.41. The lowest BCUT2D eigenvalue weighted by Crippen LogP contribution is -2.20. The summed E-state index contributed by atoms with van der Waals surface area (Å²) in [4.78, 5) is 15.5. The van der Waals surface area contributed by atoms with Crippen LogP contribution in [-0.4, -0.2) is 17.5 Å². The second-order valence-corrected chi connectivity index (χ2v) is 4.43. The van der Waals surface area contributed by atoms with E-state index >= 15 is 0 Å². The van der Waals surface area contributed by atoms with Gasteiger partial charge in [0.15, 0.2) is 6.61 Å². The topological polar surface area (TPSA) is 51.2 Å². The molecule has 0 radical (unpaired) electrons. The number of anilines is 1. The van der Waals surface area contributed by atoms with Crippen molar-refractivity contribution in [2.24, 2.45) is 0 Å². The van der Waals surface area contributed by atoms with Crippen LogP contribution in [0.3, 0.4) is 0 Å². The molecule has 1 amide bonds. The molecule has 1 aromatic heterocycles. The SMILES string of the molecule is O=C(COc1ccccc1Cl)Nc1ccc(Cl)nc1. The molecule has 0 saturated heterocycles. The van der Waals surface area contributed by atoms with Gasteiger partial charge in [-0.25, -0.2) is 4.98 Å². The van der Waals surface area contributed by atoms with Crippen LogP contribution >= 0.6 is 23.2 Å². The van der Waals surface area contributed by atoms with E-state index in [0.717, 1.165) is 0 Å². The third-order valence-corrected chi connectivity index (χ3v) is 2.74. The number of hydrogen-bond acceptors (Lipinski definition) is 3. The van der Waals surface area contributed by atoms with Gasteiger partial charge in [0, 0.05) is 0 Å². The average molecular weight is 297 g/mol. The van der Waals surface area contributed by atoms with Crippen molar-refractivity contribution in [2.75, 3.05) is 11.9 Å². The molecule has 6 heteroatoms. The van der Waals surface area contributed by atoms with Gasteiger partial charge in [-0.15, -0.1) is 0 Å². The summed E-state index contributed by atoms with van der Waals surface area (Å²) in [6, 6.07) is 10.2. The maximum absolute atomic E-state index is 11.6. The summed E-state index contributed by atoms with van der Waals surface area (Å²) in [7, 11) is 0. The van der Waals surface area contributed by atoms with Gasteiger partial charge in [0.25, 0.3) is 5.91 Å². The molecule has 2 rings (SSSR count). The van der Waals surface area contributed by atoms with Gasteiger partial charge >= 0.3 is 0 Å². The minimum atomic E-state index is -0.302. The molecule has 19 heavy (non-hydrogen) atoms. The highest BCUT2D eigenvalue weighted by molar-refractivity contribution is 6.32. The van der Waals surface area contributed by atoms with Crippen LogP contribution in [-0.2, 0) is 4.79 Å². The van der Waals surface area contributed by atoms with E-state index in [-0.39, 0.29) is 12.5 Å². The van der Waals surface area contributed by atoms with Crippen molar-refractivity contribution in [3.05, 3.63) is 52.8 Å². The molecule has 4 nitrogen and oxygen atoms in total. The van der Waals surface area contributed by atoms with Crippen molar-refractivity contribution in [1.29, 1.82) is 0 Å². The Bertz CT molecular complexity index is 573. The van der Waals surface area contributed by atoms with Crippen LogP contribution in [0.2, 0.25) is 10.2 Å². The number of halogens is 2. The molecule has 0 fully saturated rings. The fourth-order valence-corrected chi connectivity index (χ4v) is 1.65. The van der Waals surface area contributed by atoms with Crippen molar-refractivity contribution >= 4 is 34.8 Å². The zero-order valence-corrected chi connectivity index (χ0v) is 11.3. The first-order chi connectivity index (χ1) is 9.15. The minimum absolute atomic E-state index is 0.133. The Morgan fingerprint density at radius 3 is 2.68 bits per heavy atom. The lowest BCUT2D eigenvalue weighted by molar-refractivity contribution is -0.118. The highest BCUT2D eigenvalue weighted by Gasteiger charge is 2.06. The number of aromatic nitrogens is 1. The van der Waals surface area contributed by atoms with E-state index in [2.05, 4.69) is 10.3 Å². The van der Waals surface area contributed by atoms with Crippen molar-refractivity contribution in [3.8, 4) is 5.75 Å². The van der Waals surface area contributed by atoms with Gasteiger partial charge in [-0.2, -0.15) is 0 Å². The monoisotopic (exact) mass is 296 g/mol. The third-order valence-electron chi connectivity index (χ3n) is 2.21. The normalized spacial score (nSPS) is 10.0. The van der Waals surface area contributed by atoms with Gasteiger partial charge < -0.3 is 10.1 Å². The van der Waals surface area contributed by atoms with Crippen molar-refractivity contribution < 1.29 is 9.53 Å². The van der Waals surface area contributed by atoms with Crippen LogP contribution in [0.15, 0.2) is 42.6 Å². The molecule has 0 unspecified atom stereocenters. The number of amides is 1. The molecule has 0 aliphatic rings. The van der Waals surface area contributed by atoms with Gasteiger partial charge in [-0.05, 0) is 24.3 Å². The number of ether oxygens (including phenoxy) is 1.